The third kappa shape index (κ3) is 2.68. The highest BCUT2D eigenvalue weighted by molar-refractivity contribution is 5.92. The van der Waals surface area contributed by atoms with Crippen LogP contribution >= 0.6 is 0 Å². The molecule has 2 heterocycles. The van der Waals surface area contributed by atoms with E-state index in [1.807, 2.05) is 42.5 Å². The maximum Gasteiger partial charge on any atom is 0.225 e. The summed E-state index contributed by atoms with van der Waals surface area (Å²) in [5.41, 5.74) is 2.09. The Bertz CT molecular complexity index is 635. The van der Waals surface area contributed by atoms with Crippen molar-refractivity contribution in [2.75, 3.05) is 5.32 Å². The highest BCUT2D eigenvalue weighted by atomic mass is 16.1. The first-order valence-corrected chi connectivity index (χ1v) is 6.20. The van der Waals surface area contributed by atoms with E-state index >= 15 is 0 Å². The zero-order valence-electron chi connectivity index (χ0n) is 10.3. The van der Waals surface area contributed by atoms with Gasteiger partial charge in [0.05, 0.1) is 0 Å². The Morgan fingerprint density at radius 1 is 1.11 bits per heavy atom. The Morgan fingerprint density at radius 3 is 2.79 bits per heavy atom. The molecule has 2 aromatic rings. The number of carbonyl (C=O) groups excluding carboxylic acids is 1. The second kappa shape index (κ2) is 5.02. The molecule has 4 heteroatoms. The molecule has 0 bridgehead atoms. The fourth-order valence-corrected chi connectivity index (χ4v) is 1.97. The smallest absolute Gasteiger partial charge is 0.225 e. The average Bonchev–Trinajstić information content (AvgIpc) is 2.46. The summed E-state index contributed by atoms with van der Waals surface area (Å²) in [6, 6.07) is 9.96. The largest absolute Gasteiger partial charge is 0.310 e. The Labute approximate surface area is 111 Å². The SMILES string of the molecule is O=C1CCc2cnc(/C=C/c3ccccc3)nc2N1. The molecule has 1 aliphatic heterocycles. The van der Waals surface area contributed by atoms with Crippen LogP contribution in [0.2, 0.25) is 0 Å². The Hall–Kier alpha value is -2.49. The van der Waals surface area contributed by atoms with E-state index in [-0.39, 0.29) is 5.91 Å². The van der Waals surface area contributed by atoms with Gasteiger partial charge in [-0.15, -0.1) is 0 Å². The predicted molar refractivity (Wildman–Crippen MR) is 74.4 cm³/mol. The van der Waals surface area contributed by atoms with Gasteiger partial charge in [-0.1, -0.05) is 36.4 Å². The maximum absolute atomic E-state index is 11.3. The van der Waals surface area contributed by atoms with Gasteiger partial charge in [0, 0.05) is 18.2 Å². The molecule has 1 aliphatic rings. The van der Waals surface area contributed by atoms with Gasteiger partial charge in [0.15, 0.2) is 5.82 Å². The number of fused-ring (bicyclic) bond motifs is 1. The number of nitrogens with one attached hydrogen (secondary N) is 1. The predicted octanol–water partition coefficient (Wildman–Crippen LogP) is 2.53. The Kier molecular flexibility index (Phi) is 3.06. The van der Waals surface area contributed by atoms with Gasteiger partial charge in [0.1, 0.15) is 5.82 Å². The normalized spacial score (nSPS) is 14.2. The lowest BCUT2D eigenvalue weighted by atomic mass is 10.1. The van der Waals surface area contributed by atoms with Crippen molar-refractivity contribution in [2.24, 2.45) is 0 Å². The molecular formula is C15H13N3O. The number of benzene rings is 1. The van der Waals surface area contributed by atoms with Crippen LogP contribution in [-0.4, -0.2) is 15.9 Å². The summed E-state index contributed by atoms with van der Waals surface area (Å²) >= 11 is 0. The molecule has 1 amide bonds. The average molecular weight is 251 g/mol. The summed E-state index contributed by atoms with van der Waals surface area (Å²) in [5.74, 6) is 1.26. The van der Waals surface area contributed by atoms with Crippen LogP contribution in [0.15, 0.2) is 36.5 Å². The number of aromatic nitrogens is 2. The maximum atomic E-state index is 11.3. The molecule has 3 rings (SSSR count). The molecule has 0 unspecified atom stereocenters. The minimum atomic E-state index is 0.0178. The first-order chi connectivity index (χ1) is 9.31. The minimum absolute atomic E-state index is 0.0178. The van der Waals surface area contributed by atoms with Crippen LogP contribution in [-0.2, 0) is 11.2 Å². The molecule has 0 radical (unpaired) electrons. The highest BCUT2D eigenvalue weighted by Crippen LogP contribution is 2.19. The van der Waals surface area contributed by atoms with E-state index in [1.165, 1.54) is 0 Å². The fourth-order valence-electron chi connectivity index (χ4n) is 1.97. The lowest BCUT2D eigenvalue weighted by Gasteiger charge is -2.14. The van der Waals surface area contributed by atoms with Crippen molar-refractivity contribution in [2.45, 2.75) is 12.8 Å². The molecule has 0 saturated carbocycles. The zero-order chi connectivity index (χ0) is 13.1. The number of hydrogen-bond acceptors (Lipinski definition) is 3. The van der Waals surface area contributed by atoms with Crippen molar-refractivity contribution in [1.29, 1.82) is 0 Å². The fraction of sp³-hybridized carbons (Fsp3) is 0.133. The molecule has 1 aromatic heterocycles. The highest BCUT2D eigenvalue weighted by Gasteiger charge is 2.16. The number of hydrogen-bond donors (Lipinski definition) is 1. The van der Waals surface area contributed by atoms with Crippen LogP contribution in [0.1, 0.15) is 23.4 Å². The molecule has 19 heavy (non-hydrogen) atoms. The third-order valence-electron chi connectivity index (χ3n) is 2.99. The number of anilines is 1. The number of amides is 1. The first-order valence-electron chi connectivity index (χ1n) is 6.20. The van der Waals surface area contributed by atoms with Crippen molar-refractivity contribution < 1.29 is 4.79 Å². The van der Waals surface area contributed by atoms with Gasteiger partial charge in [-0.25, -0.2) is 9.97 Å². The van der Waals surface area contributed by atoms with Crippen LogP contribution in [0, 0.1) is 0 Å². The van der Waals surface area contributed by atoms with Gasteiger partial charge in [-0.2, -0.15) is 0 Å². The summed E-state index contributed by atoms with van der Waals surface area (Å²) in [4.78, 5) is 20.0. The van der Waals surface area contributed by atoms with E-state index < -0.39 is 0 Å². The van der Waals surface area contributed by atoms with Crippen LogP contribution < -0.4 is 5.32 Å². The third-order valence-corrected chi connectivity index (χ3v) is 2.99. The zero-order valence-corrected chi connectivity index (χ0v) is 10.3. The molecule has 0 fully saturated rings. The molecule has 1 aromatic carbocycles. The number of nitrogens with zero attached hydrogens (tertiary/aromatic N) is 2. The quantitative estimate of drug-likeness (QED) is 0.892. The summed E-state index contributed by atoms with van der Waals surface area (Å²) in [5, 5.41) is 2.77. The van der Waals surface area contributed by atoms with Gasteiger partial charge in [-0.05, 0) is 18.1 Å². The topological polar surface area (TPSA) is 54.9 Å². The van der Waals surface area contributed by atoms with Gasteiger partial charge >= 0.3 is 0 Å². The minimum Gasteiger partial charge on any atom is -0.310 e. The van der Waals surface area contributed by atoms with Crippen LogP contribution in [0.4, 0.5) is 5.82 Å². The van der Waals surface area contributed by atoms with E-state index in [0.29, 0.717) is 24.5 Å². The van der Waals surface area contributed by atoms with Crippen LogP contribution in [0.5, 0.6) is 0 Å². The Morgan fingerprint density at radius 2 is 1.95 bits per heavy atom. The van der Waals surface area contributed by atoms with E-state index in [0.717, 1.165) is 11.1 Å². The van der Waals surface area contributed by atoms with Crippen molar-refractivity contribution >= 4 is 23.9 Å². The van der Waals surface area contributed by atoms with Crippen molar-refractivity contribution in [3.05, 3.63) is 53.5 Å². The standard InChI is InChI=1S/C15H13N3O/c19-14-9-7-12-10-16-13(17-15(12)18-14)8-6-11-4-2-1-3-5-11/h1-6,8,10H,7,9H2,(H,16,17,18,19)/b8-6+. The molecule has 0 spiro atoms. The van der Waals surface area contributed by atoms with Gasteiger partial charge in [0.25, 0.3) is 0 Å². The molecule has 1 N–H and O–H groups in total. The second-order valence-electron chi connectivity index (χ2n) is 4.39. The van der Waals surface area contributed by atoms with Gasteiger partial charge in [-0.3, -0.25) is 4.79 Å². The van der Waals surface area contributed by atoms with E-state index in [1.54, 1.807) is 6.20 Å². The lowest BCUT2D eigenvalue weighted by molar-refractivity contribution is -0.116. The number of carbonyl (C=O) groups is 1. The van der Waals surface area contributed by atoms with E-state index in [4.69, 9.17) is 0 Å². The van der Waals surface area contributed by atoms with Crippen LogP contribution in [0.3, 0.4) is 0 Å². The van der Waals surface area contributed by atoms with E-state index in [9.17, 15) is 4.79 Å². The van der Waals surface area contributed by atoms with Gasteiger partial charge in [0.2, 0.25) is 5.91 Å². The lowest BCUT2D eigenvalue weighted by Crippen LogP contribution is -2.20. The summed E-state index contributed by atoms with van der Waals surface area (Å²) < 4.78 is 0. The molecule has 4 nitrogen and oxygen atoms in total. The Balaban J connectivity index is 1.84. The van der Waals surface area contributed by atoms with Gasteiger partial charge < -0.3 is 5.32 Å². The summed E-state index contributed by atoms with van der Waals surface area (Å²) in [6.45, 7) is 0. The molecule has 0 atom stereocenters. The van der Waals surface area contributed by atoms with Crippen LogP contribution in [0.25, 0.3) is 12.2 Å². The van der Waals surface area contributed by atoms with Crippen molar-refractivity contribution in [3.63, 3.8) is 0 Å². The van der Waals surface area contributed by atoms with Crippen molar-refractivity contribution in [1.82, 2.24) is 9.97 Å². The molecule has 0 saturated heterocycles. The number of aryl methyl sites for hydroxylation is 1. The summed E-state index contributed by atoms with van der Waals surface area (Å²) in [7, 11) is 0. The molecule has 94 valence electrons. The number of rotatable bonds is 2. The molecule has 0 aliphatic carbocycles. The second-order valence-corrected chi connectivity index (χ2v) is 4.39. The first kappa shape index (κ1) is 11.6. The van der Waals surface area contributed by atoms with Crippen molar-refractivity contribution in [3.8, 4) is 0 Å². The monoisotopic (exact) mass is 251 g/mol. The molecular weight excluding hydrogens is 238 g/mol. The summed E-state index contributed by atoms with van der Waals surface area (Å²) in [6.07, 6.45) is 6.80. The van der Waals surface area contributed by atoms with E-state index in [2.05, 4.69) is 15.3 Å².